The van der Waals surface area contributed by atoms with E-state index in [1.165, 1.54) is 24.3 Å². The quantitative estimate of drug-likeness (QED) is 0.599. The molecule has 1 aromatic rings. The molecule has 1 fully saturated rings. The molecule has 2 N–H and O–H groups in total. The predicted molar refractivity (Wildman–Crippen MR) is 88.9 cm³/mol. The molecule has 3 atom stereocenters. The van der Waals surface area contributed by atoms with E-state index in [4.69, 9.17) is 4.55 Å². The van der Waals surface area contributed by atoms with E-state index in [0.29, 0.717) is 24.2 Å². The van der Waals surface area contributed by atoms with Crippen LogP contribution in [0, 0.1) is 11.3 Å². The zero-order chi connectivity index (χ0) is 18.1. The van der Waals surface area contributed by atoms with Gasteiger partial charge in [0.25, 0.3) is 10.1 Å². The minimum atomic E-state index is -4.25. The molecule has 24 heavy (non-hydrogen) atoms. The van der Waals surface area contributed by atoms with Crippen LogP contribution in [-0.2, 0) is 14.9 Å². The van der Waals surface area contributed by atoms with Crippen molar-refractivity contribution >= 4 is 21.7 Å². The molecule has 0 spiro atoms. The SMILES string of the molecule is CC1C(C)N1C(C)(C#N)CCC(=O)Nc1ccc(S(=O)(=O)O)cc1. The second kappa shape index (κ2) is 6.51. The fraction of sp³-hybridized carbons (Fsp3) is 0.500. The van der Waals surface area contributed by atoms with Crippen molar-refractivity contribution < 1.29 is 17.8 Å². The van der Waals surface area contributed by atoms with Crippen LogP contribution in [0.2, 0.25) is 0 Å². The first-order valence-corrected chi connectivity index (χ1v) is 9.09. The van der Waals surface area contributed by atoms with Crippen LogP contribution in [0.1, 0.15) is 33.6 Å². The highest BCUT2D eigenvalue weighted by Crippen LogP contribution is 2.38. The molecular formula is C16H21N3O4S. The van der Waals surface area contributed by atoms with Gasteiger partial charge in [0.2, 0.25) is 5.91 Å². The number of carbonyl (C=O) groups is 1. The third kappa shape index (κ3) is 3.93. The van der Waals surface area contributed by atoms with Crippen LogP contribution in [0.15, 0.2) is 29.2 Å². The van der Waals surface area contributed by atoms with Crippen molar-refractivity contribution in [3.8, 4) is 6.07 Å². The van der Waals surface area contributed by atoms with Gasteiger partial charge in [0, 0.05) is 24.2 Å². The Morgan fingerprint density at radius 3 is 2.29 bits per heavy atom. The monoisotopic (exact) mass is 351 g/mol. The maximum absolute atomic E-state index is 12.1. The number of carbonyl (C=O) groups excluding carboxylic acids is 1. The maximum atomic E-state index is 12.1. The fourth-order valence-corrected chi connectivity index (χ4v) is 3.42. The largest absolute Gasteiger partial charge is 0.326 e. The zero-order valence-corrected chi connectivity index (χ0v) is 14.7. The lowest BCUT2D eigenvalue weighted by Gasteiger charge is -2.24. The van der Waals surface area contributed by atoms with Crippen LogP contribution in [0.4, 0.5) is 5.69 Å². The van der Waals surface area contributed by atoms with E-state index in [2.05, 4.69) is 30.1 Å². The number of benzene rings is 1. The Balaban J connectivity index is 1.93. The molecule has 1 heterocycles. The Morgan fingerprint density at radius 2 is 1.88 bits per heavy atom. The van der Waals surface area contributed by atoms with Crippen molar-refractivity contribution in [1.82, 2.24) is 4.90 Å². The van der Waals surface area contributed by atoms with Crippen LogP contribution < -0.4 is 5.32 Å². The summed E-state index contributed by atoms with van der Waals surface area (Å²) in [4.78, 5) is 13.9. The van der Waals surface area contributed by atoms with Gasteiger partial charge in [-0.1, -0.05) is 0 Å². The topological polar surface area (TPSA) is 110 Å². The lowest BCUT2D eigenvalue weighted by atomic mass is 9.97. The van der Waals surface area contributed by atoms with Crippen LogP contribution in [0.25, 0.3) is 0 Å². The van der Waals surface area contributed by atoms with Crippen molar-refractivity contribution in [3.63, 3.8) is 0 Å². The lowest BCUT2D eigenvalue weighted by Crippen LogP contribution is -2.35. The smallest absolute Gasteiger partial charge is 0.294 e. The van der Waals surface area contributed by atoms with Gasteiger partial charge in [-0.3, -0.25) is 14.2 Å². The van der Waals surface area contributed by atoms with Crippen molar-refractivity contribution in [2.45, 2.75) is 56.1 Å². The van der Waals surface area contributed by atoms with Crippen molar-refractivity contribution in [1.29, 1.82) is 5.26 Å². The molecule has 0 aliphatic carbocycles. The first-order chi connectivity index (χ1) is 11.1. The molecule has 1 amide bonds. The molecule has 1 aliphatic heterocycles. The first-order valence-electron chi connectivity index (χ1n) is 7.65. The number of nitriles is 1. The molecule has 7 nitrogen and oxygen atoms in total. The number of rotatable bonds is 6. The molecule has 0 saturated carbocycles. The van der Waals surface area contributed by atoms with Crippen molar-refractivity contribution in [3.05, 3.63) is 24.3 Å². The number of amides is 1. The third-order valence-electron chi connectivity index (χ3n) is 4.57. The number of nitrogens with zero attached hydrogens (tertiary/aromatic N) is 2. The highest BCUT2D eigenvalue weighted by atomic mass is 32.2. The first kappa shape index (κ1) is 18.4. The second-order valence-electron chi connectivity index (χ2n) is 6.32. The van der Waals surface area contributed by atoms with Crippen LogP contribution in [0.5, 0.6) is 0 Å². The Hall–Kier alpha value is -1.95. The molecule has 1 aromatic carbocycles. The van der Waals surface area contributed by atoms with Crippen LogP contribution in [-0.4, -0.2) is 41.4 Å². The van der Waals surface area contributed by atoms with Gasteiger partial charge >= 0.3 is 0 Å². The van der Waals surface area contributed by atoms with Gasteiger partial charge in [0.15, 0.2) is 0 Å². The number of hydrogen-bond acceptors (Lipinski definition) is 5. The average molecular weight is 351 g/mol. The van der Waals surface area contributed by atoms with E-state index in [1.807, 2.05) is 6.92 Å². The second-order valence-corrected chi connectivity index (χ2v) is 7.74. The number of nitrogens with one attached hydrogen (secondary N) is 1. The normalized spacial score (nSPS) is 25.4. The molecule has 0 radical (unpaired) electrons. The van der Waals surface area contributed by atoms with Gasteiger partial charge in [-0.15, -0.1) is 0 Å². The number of anilines is 1. The summed E-state index contributed by atoms with van der Waals surface area (Å²) in [6, 6.07) is 8.20. The maximum Gasteiger partial charge on any atom is 0.294 e. The Morgan fingerprint density at radius 1 is 1.33 bits per heavy atom. The molecule has 130 valence electrons. The lowest BCUT2D eigenvalue weighted by molar-refractivity contribution is -0.116. The van der Waals surface area contributed by atoms with Gasteiger partial charge in [-0.05, 0) is 51.5 Å². The Bertz CT molecular complexity index is 762. The van der Waals surface area contributed by atoms with Crippen molar-refractivity contribution in [2.24, 2.45) is 0 Å². The van der Waals surface area contributed by atoms with Gasteiger partial charge in [0.05, 0.1) is 11.0 Å². The standard InChI is InChI=1S/C16H21N3O4S/c1-11-12(2)19(11)16(3,10-17)9-8-15(20)18-13-4-6-14(7-5-13)24(21,22)23/h4-7,11-12H,8-9H2,1-3H3,(H,18,20)(H,21,22,23). The minimum Gasteiger partial charge on any atom is -0.326 e. The predicted octanol–water partition coefficient (Wildman–Crippen LogP) is 2.03. The molecule has 2 rings (SSSR count). The van der Waals surface area contributed by atoms with Crippen molar-refractivity contribution in [2.75, 3.05) is 5.32 Å². The molecule has 1 aliphatic rings. The number of hydrogen-bond donors (Lipinski definition) is 2. The Labute approximate surface area is 142 Å². The zero-order valence-electron chi connectivity index (χ0n) is 13.9. The summed E-state index contributed by atoms with van der Waals surface area (Å²) >= 11 is 0. The summed E-state index contributed by atoms with van der Waals surface area (Å²) in [5, 5.41) is 12.1. The molecule has 3 unspecified atom stereocenters. The van der Waals surface area contributed by atoms with Gasteiger partial charge in [-0.2, -0.15) is 13.7 Å². The van der Waals surface area contributed by atoms with E-state index in [0.717, 1.165) is 0 Å². The minimum absolute atomic E-state index is 0.181. The summed E-state index contributed by atoms with van der Waals surface area (Å²) in [6.07, 6.45) is 0.590. The van der Waals surface area contributed by atoms with Gasteiger partial charge in [-0.25, -0.2) is 0 Å². The van der Waals surface area contributed by atoms with E-state index >= 15 is 0 Å². The fourth-order valence-electron chi connectivity index (χ4n) is 2.94. The third-order valence-corrected chi connectivity index (χ3v) is 5.44. The van der Waals surface area contributed by atoms with Gasteiger partial charge < -0.3 is 5.32 Å². The highest BCUT2D eigenvalue weighted by molar-refractivity contribution is 7.85. The molecule has 0 bridgehead atoms. The molecule has 1 saturated heterocycles. The Kier molecular flexibility index (Phi) is 4.99. The van der Waals surface area contributed by atoms with Crippen LogP contribution in [0.3, 0.4) is 0 Å². The summed E-state index contributed by atoms with van der Waals surface area (Å²) in [7, 11) is -4.25. The highest BCUT2D eigenvalue weighted by Gasteiger charge is 2.51. The van der Waals surface area contributed by atoms with E-state index in [1.54, 1.807) is 0 Å². The summed E-state index contributed by atoms with van der Waals surface area (Å²) < 4.78 is 30.8. The van der Waals surface area contributed by atoms with Crippen LogP contribution >= 0.6 is 0 Å². The van der Waals surface area contributed by atoms with E-state index < -0.39 is 15.7 Å². The van der Waals surface area contributed by atoms with Gasteiger partial charge in [0.1, 0.15) is 5.54 Å². The van der Waals surface area contributed by atoms with E-state index in [9.17, 15) is 18.5 Å². The summed E-state index contributed by atoms with van der Waals surface area (Å²) in [6.45, 7) is 5.94. The summed E-state index contributed by atoms with van der Waals surface area (Å²) in [5.41, 5.74) is -0.245. The van der Waals surface area contributed by atoms with E-state index in [-0.39, 0.29) is 17.2 Å². The average Bonchev–Trinajstić information content (AvgIpc) is 3.12. The molecular weight excluding hydrogens is 330 g/mol. The molecule has 0 aromatic heterocycles. The summed E-state index contributed by atoms with van der Waals surface area (Å²) in [5.74, 6) is -0.252. The molecule has 8 heteroatoms.